The molecule has 1 aromatic heterocycles. The minimum absolute atomic E-state index is 0.0260. The van der Waals surface area contributed by atoms with E-state index in [2.05, 4.69) is 17.1 Å². The number of hydrogen-bond acceptors (Lipinski definition) is 4. The second-order valence-electron chi connectivity index (χ2n) is 7.46. The van der Waals surface area contributed by atoms with Crippen molar-refractivity contribution in [2.45, 2.75) is 12.3 Å². The van der Waals surface area contributed by atoms with Gasteiger partial charge < -0.3 is 9.80 Å². The molecular formula is C22H21N3O2S. The maximum Gasteiger partial charge on any atom is 0.282 e. The van der Waals surface area contributed by atoms with Crippen molar-refractivity contribution in [1.29, 1.82) is 0 Å². The number of amides is 2. The third kappa shape index (κ3) is 3.18. The molecule has 142 valence electrons. The van der Waals surface area contributed by atoms with Gasteiger partial charge in [-0.1, -0.05) is 42.5 Å². The molecule has 0 spiro atoms. The maximum absolute atomic E-state index is 12.8. The van der Waals surface area contributed by atoms with E-state index < -0.39 is 0 Å². The van der Waals surface area contributed by atoms with Crippen LogP contribution in [0.3, 0.4) is 0 Å². The molecule has 1 unspecified atom stereocenters. The first kappa shape index (κ1) is 17.4. The molecule has 2 heterocycles. The van der Waals surface area contributed by atoms with Gasteiger partial charge in [0.05, 0.1) is 10.2 Å². The van der Waals surface area contributed by atoms with E-state index in [9.17, 15) is 9.59 Å². The van der Waals surface area contributed by atoms with Crippen molar-refractivity contribution in [3.05, 3.63) is 65.2 Å². The van der Waals surface area contributed by atoms with E-state index in [1.807, 2.05) is 52.3 Å². The fourth-order valence-corrected chi connectivity index (χ4v) is 4.93. The van der Waals surface area contributed by atoms with Crippen molar-refractivity contribution in [3.8, 4) is 0 Å². The molecule has 5 nitrogen and oxygen atoms in total. The average molecular weight is 391 g/mol. The molecule has 2 aromatic carbocycles. The highest BCUT2D eigenvalue weighted by Crippen LogP contribution is 2.48. The summed E-state index contributed by atoms with van der Waals surface area (Å²) in [6.07, 6.45) is 0.938. The molecule has 2 amide bonds. The predicted molar refractivity (Wildman–Crippen MR) is 109 cm³/mol. The van der Waals surface area contributed by atoms with Crippen LogP contribution >= 0.6 is 11.3 Å². The van der Waals surface area contributed by atoms with E-state index in [0.717, 1.165) is 16.6 Å². The van der Waals surface area contributed by atoms with Crippen LogP contribution in [0.4, 0.5) is 0 Å². The maximum atomic E-state index is 12.8. The third-order valence-corrected chi connectivity index (χ3v) is 6.72. The number of nitrogens with zero attached hydrogens (tertiary/aromatic N) is 3. The second kappa shape index (κ2) is 7.02. The van der Waals surface area contributed by atoms with E-state index >= 15 is 0 Å². The Morgan fingerprint density at radius 1 is 0.893 bits per heavy atom. The monoisotopic (exact) mass is 391 g/mol. The Kier molecular flexibility index (Phi) is 4.36. The number of piperazine rings is 1. The molecule has 1 aliphatic heterocycles. The smallest absolute Gasteiger partial charge is 0.282 e. The molecule has 2 fully saturated rings. The van der Waals surface area contributed by atoms with E-state index in [0.29, 0.717) is 37.1 Å². The number of rotatable bonds is 3. The molecule has 5 rings (SSSR count). The van der Waals surface area contributed by atoms with Gasteiger partial charge in [-0.15, -0.1) is 11.3 Å². The largest absolute Gasteiger partial charge is 0.339 e. The van der Waals surface area contributed by atoms with Crippen LogP contribution < -0.4 is 0 Å². The Bertz CT molecular complexity index is 991. The van der Waals surface area contributed by atoms with Gasteiger partial charge in [-0.2, -0.15) is 0 Å². The van der Waals surface area contributed by atoms with Crippen LogP contribution in [-0.2, 0) is 4.79 Å². The van der Waals surface area contributed by atoms with Gasteiger partial charge in [0.2, 0.25) is 5.91 Å². The van der Waals surface area contributed by atoms with Crippen LogP contribution in [0, 0.1) is 5.92 Å². The van der Waals surface area contributed by atoms with Crippen LogP contribution in [0.2, 0.25) is 0 Å². The standard InChI is InChI=1S/C22H21N3O2S/c26-21(17-14-16(17)15-6-2-1-3-7-15)24-10-12-25(13-11-24)22(27)20-23-18-8-4-5-9-19(18)28-20/h1-9,16-17H,10-14H2/t16?,17-/m1/s1. The molecule has 1 aliphatic carbocycles. The summed E-state index contributed by atoms with van der Waals surface area (Å²) in [5.41, 5.74) is 2.12. The summed E-state index contributed by atoms with van der Waals surface area (Å²) in [6.45, 7) is 2.35. The number of carbonyl (C=O) groups excluding carboxylic acids is 2. The van der Waals surface area contributed by atoms with Crippen molar-refractivity contribution in [1.82, 2.24) is 14.8 Å². The lowest BCUT2D eigenvalue weighted by Crippen LogP contribution is -2.51. The fraction of sp³-hybridized carbons (Fsp3) is 0.318. The van der Waals surface area contributed by atoms with Crippen molar-refractivity contribution in [3.63, 3.8) is 0 Å². The molecule has 2 aliphatic rings. The molecule has 1 saturated heterocycles. The topological polar surface area (TPSA) is 53.5 Å². The first-order valence-corrected chi connectivity index (χ1v) is 10.5. The van der Waals surface area contributed by atoms with Gasteiger partial charge in [-0.25, -0.2) is 4.98 Å². The summed E-state index contributed by atoms with van der Waals surface area (Å²) in [6, 6.07) is 18.1. The van der Waals surface area contributed by atoms with Gasteiger partial charge in [0.1, 0.15) is 0 Å². The lowest BCUT2D eigenvalue weighted by Gasteiger charge is -2.34. The molecule has 28 heavy (non-hydrogen) atoms. The quantitative estimate of drug-likeness (QED) is 0.688. The van der Waals surface area contributed by atoms with Crippen LogP contribution in [-0.4, -0.2) is 52.8 Å². The zero-order valence-electron chi connectivity index (χ0n) is 15.5. The summed E-state index contributed by atoms with van der Waals surface area (Å²) < 4.78 is 1.03. The number of thiazole rings is 1. The van der Waals surface area contributed by atoms with Crippen LogP contribution in [0.15, 0.2) is 54.6 Å². The van der Waals surface area contributed by atoms with Gasteiger partial charge in [-0.3, -0.25) is 9.59 Å². The SMILES string of the molecule is O=C(c1nc2ccccc2s1)N1CCN(C(=O)[C@@H]2CC2c2ccccc2)CC1. The Morgan fingerprint density at radius 3 is 2.32 bits per heavy atom. The zero-order chi connectivity index (χ0) is 19.1. The third-order valence-electron chi connectivity index (χ3n) is 5.69. The van der Waals surface area contributed by atoms with Crippen molar-refractivity contribution in [2.24, 2.45) is 5.92 Å². The first-order chi connectivity index (χ1) is 13.7. The van der Waals surface area contributed by atoms with Gasteiger partial charge in [-0.05, 0) is 30.0 Å². The summed E-state index contributed by atoms with van der Waals surface area (Å²) in [5.74, 6) is 0.674. The zero-order valence-corrected chi connectivity index (χ0v) is 16.3. The van der Waals surface area contributed by atoms with Crippen LogP contribution in [0.1, 0.15) is 27.7 Å². The normalized spacial score (nSPS) is 21.7. The molecule has 6 heteroatoms. The molecule has 3 aromatic rings. The average Bonchev–Trinajstić information content (AvgIpc) is 3.44. The first-order valence-electron chi connectivity index (χ1n) is 9.69. The molecule has 2 atom stereocenters. The second-order valence-corrected chi connectivity index (χ2v) is 8.49. The number of hydrogen-bond donors (Lipinski definition) is 0. The summed E-state index contributed by atoms with van der Waals surface area (Å²) in [7, 11) is 0. The highest BCUT2D eigenvalue weighted by atomic mass is 32.1. The highest BCUT2D eigenvalue weighted by molar-refractivity contribution is 7.20. The molecule has 1 saturated carbocycles. The predicted octanol–water partition coefficient (Wildman–Crippen LogP) is 3.38. The number of aromatic nitrogens is 1. The molecular weight excluding hydrogens is 370 g/mol. The van der Waals surface area contributed by atoms with Gasteiger partial charge in [0, 0.05) is 32.1 Å². The van der Waals surface area contributed by atoms with Crippen molar-refractivity contribution < 1.29 is 9.59 Å². The highest BCUT2D eigenvalue weighted by Gasteiger charge is 2.46. The van der Waals surface area contributed by atoms with E-state index in [1.54, 1.807) is 0 Å². The van der Waals surface area contributed by atoms with Crippen molar-refractivity contribution in [2.75, 3.05) is 26.2 Å². The number of carbonyl (C=O) groups is 2. The number of para-hydroxylation sites is 1. The minimum atomic E-state index is -0.0260. The van der Waals surface area contributed by atoms with Crippen LogP contribution in [0.5, 0.6) is 0 Å². The summed E-state index contributed by atoms with van der Waals surface area (Å²) in [5, 5.41) is 0.535. The van der Waals surface area contributed by atoms with E-state index in [1.165, 1.54) is 16.9 Å². The number of fused-ring (bicyclic) bond motifs is 1. The van der Waals surface area contributed by atoms with E-state index in [-0.39, 0.29) is 17.7 Å². The van der Waals surface area contributed by atoms with Crippen molar-refractivity contribution >= 4 is 33.4 Å². The number of benzene rings is 2. The lowest BCUT2D eigenvalue weighted by molar-refractivity contribution is -0.134. The Balaban J connectivity index is 1.19. The van der Waals surface area contributed by atoms with Gasteiger partial charge in [0.25, 0.3) is 5.91 Å². The summed E-state index contributed by atoms with van der Waals surface area (Å²) >= 11 is 1.44. The summed E-state index contributed by atoms with van der Waals surface area (Å²) in [4.78, 5) is 33.8. The molecule has 0 N–H and O–H groups in total. The van der Waals surface area contributed by atoms with Gasteiger partial charge >= 0.3 is 0 Å². The van der Waals surface area contributed by atoms with Crippen LogP contribution in [0.25, 0.3) is 10.2 Å². The molecule has 0 bridgehead atoms. The molecule has 0 radical (unpaired) electrons. The Labute approximate surface area is 167 Å². The Morgan fingerprint density at radius 2 is 1.57 bits per heavy atom. The van der Waals surface area contributed by atoms with Gasteiger partial charge in [0.15, 0.2) is 5.01 Å². The van der Waals surface area contributed by atoms with E-state index in [4.69, 9.17) is 0 Å². The lowest BCUT2D eigenvalue weighted by atomic mass is 10.1. The minimum Gasteiger partial charge on any atom is -0.339 e. The Hall–Kier alpha value is -2.73. The fourth-order valence-electron chi connectivity index (χ4n) is 4.00.